The maximum atomic E-state index is 11.4. The summed E-state index contributed by atoms with van der Waals surface area (Å²) in [5.74, 6) is -0.191. The summed E-state index contributed by atoms with van der Waals surface area (Å²) in [6, 6.07) is 0.475. The Bertz CT molecular complexity index is 246. The van der Waals surface area contributed by atoms with E-state index in [-0.39, 0.29) is 5.97 Å². The van der Waals surface area contributed by atoms with Gasteiger partial charge in [0.2, 0.25) is 0 Å². The minimum atomic E-state index is -0.191. The average molecular weight is 197 g/mol. The number of carbonyl (C=O) groups excluding carboxylic acids is 1. The molecule has 1 rings (SSSR count). The Labute approximate surface area is 85.5 Å². The molecule has 0 spiro atoms. The molecule has 0 bridgehead atoms. The molecule has 0 radical (unpaired) electrons. The van der Waals surface area contributed by atoms with Gasteiger partial charge in [0.15, 0.2) is 0 Å². The highest BCUT2D eigenvalue weighted by molar-refractivity contribution is 5.88. The first kappa shape index (κ1) is 11.1. The van der Waals surface area contributed by atoms with Crippen molar-refractivity contribution in [2.75, 3.05) is 6.61 Å². The van der Waals surface area contributed by atoms with Gasteiger partial charge in [0, 0.05) is 11.7 Å². The minimum Gasteiger partial charge on any atom is -0.463 e. The predicted octanol–water partition coefficient (Wildman–Crippen LogP) is 1.99. The van der Waals surface area contributed by atoms with E-state index in [1.165, 1.54) is 6.42 Å². The van der Waals surface area contributed by atoms with E-state index in [1.54, 1.807) is 0 Å². The molecule has 0 aliphatic carbocycles. The Morgan fingerprint density at radius 2 is 2.36 bits per heavy atom. The Morgan fingerprint density at radius 3 is 2.93 bits per heavy atom. The van der Waals surface area contributed by atoms with Crippen LogP contribution in [-0.4, -0.2) is 18.6 Å². The zero-order chi connectivity index (χ0) is 10.6. The van der Waals surface area contributed by atoms with Crippen LogP contribution in [0.15, 0.2) is 11.3 Å². The largest absolute Gasteiger partial charge is 0.463 e. The monoisotopic (exact) mass is 197 g/mol. The first-order valence-electron chi connectivity index (χ1n) is 5.28. The van der Waals surface area contributed by atoms with Crippen molar-refractivity contribution in [1.82, 2.24) is 5.32 Å². The van der Waals surface area contributed by atoms with Crippen molar-refractivity contribution in [2.24, 2.45) is 0 Å². The van der Waals surface area contributed by atoms with Gasteiger partial charge >= 0.3 is 5.97 Å². The second-order valence-electron chi connectivity index (χ2n) is 3.76. The van der Waals surface area contributed by atoms with Crippen LogP contribution in [-0.2, 0) is 9.53 Å². The number of allylic oxidation sites excluding steroid dienone is 1. The molecule has 1 saturated heterocycles. The van der Waals surface area contributed by atoms with Crippen molar-refractivity contribution in [3.63, 3.8) is 0 Å². The number of rotatable bonds is 2. The zero-order valence-corrected chi connectivity index (χ0v) is 9.22. The number of hydrogen-bond acceptors (Lipinski definition) is 3. The van der Waals surface area contributed by atoms with Crippen LogP contribution in [0.1, 0.15) is 40.0 Å². The van der Waals surface area contributed by atoms with Crippen molar-refractivity contribution < 1.29 is 9.53 Å². The van der Waals surface area contributed by atoms with Crippen LogP contribution in [0, 0.1) is 0 Å². The molecule has 1 unspecified atom stereocenters. The number of ether oxygens (including phenoxy) is 1. The maximum absolute atomic E-state index is 11.4. The summed E-state index contributed by atoms with van der Waals surface area (Å²) in [6.45, 7) is 6.24. The molecule has 3 nitrogen and oxygen atoms in total. The van der Waals surface area contributed by atoms with Gasteiger partial charge in [-0.25, -0.2) is 4.79 Å². The molecule has 0 aromatic carbocycles. The van der Waals surface area contributed by atoms with Crippen molar-refractivity contribution in [3.8, 4) is 0 Å². The lowest BCUT2D eigenvalue weighted by Gasteiger charge is -2.25. The van der Waals surface area contributed by atoms with E-state index >= 15 is 0 Å². The third kappa shape index (κ3) is 2.76. The van der Waals surface area contributed by atoms with Gasteiger partial charge in [-0.1, -0.05) is 0 Å². The SMILES string of the molecule is CCOC(=O)/C(C)=C1/CCCC(C)N1. The number of carbonyl (C=O) groups is 1. The number of hydrogen-bond donors (Lipinski definition) is 1. The van der Waals surface area contributed by atoms with Crippen LogP contribution in [0.3, 0.4) is 0 Å². The van der Waals surface area contributed by atoms with E-state index in [0.717, 1.165) is 24.1 Å². The fourth-order valence-corrected chi connectivity index (χ4v) is 1.69. The van der Waals surface area contributed by atoms with Crippen LogP contribution in [0.25, 0.3) is 0 Å². The van der Waals surface area contributed by atoms with Crippen molar-refractivity contribution in [2.45, 2.75) is 46.1 Å². The smallest absolute Gasteiger partial charge is 0.335 e. The Morgan fingerprint density at radius 1 is 1.64 bits per heavy atom. The van der Waals surface area contributed by atoms with Crippen LogP contribution >= 0.6 is 0 Å². The van der Waals surface area contributed by atoms with E-state index in [4.69, 9.17) is 4.74 Å². The standard InChI is InChI=1S/C11H19NO2/c1-4-14-11(13)9(3)10-7-5-6-8(2)12-10/h8,12H,4-7H2,1-3H3/b10-9-. The summed E-state index contributed by atoms with van der Waals surface area (Å²) >= 11 is 0. The van der Waals surface area contributed by atoms with Crippen molar-refractivity contribution in [3.05, 3.63) is 11.3 Å². The molecule has 0 saturated carbocycles. The third-order valence-electron chi connectivity index (χ3n) is 2.52. The van der Waals surface area contributed by atoms with E-state index < -0.39 is 0 Å². The Kier molecular flexibility index (Phi) is 3.98. The average Bonchev–Trinajstić information content (AvgIpc) is 2.17. The van der Waals surface area contributed by atoms with E-state index in [1.807, 2.05) is 13.8 Å². The van der Waals surface area contributed by atoms with Gasteiger partial charge in [-0.15, -0.1) is 0 Å². The predicted molar refractivity (Wildman–Crippen MR) is 55.8 cm³/mol. The first-order chi connectivity index (χ1) is 6.65. The lowest BCUT2D eigenvalue weighted by molar-refractivity contribution is -0.138. The zero-order valence-electron chi connectivity index (χ0n) is 9.22. The number of piperidine rings is 1. The quantitative estimate of drug-likeness (QED) is 0.543. The number of nitrogens with one attached hydrogen (secondary N) is 1. The molecule has 3 heteroatoms. The molecule has 80 valence electrons. The molecule has 0 aromatic rings. The third-order valence-corrected chi connectivity index (χ3v) is 2.52. The molecule has 14 heavy (non-hydrogen) atoms. The summed E-state index contributed by atoms with van der Waals surface area (Å²) in [6.07, 6.45) is 3.30. The van der Waals surface area contributed by atoms with Gasteiger partial charge in [-0.2, -0.15) is 0 Å². The van der Waals surface area contributed by atoms with E-state index in [2.05, 4.69) is 12.2 Å². The minimum absolute atomic E-state index is 0.191. The highest BCUT2D eigenvalue weighted by Crippen LogP contribution is 2.18. The fraction of sp³-hybridized carbons (Fsp3) is 0.727. The topological polar surface area (TPSA) is 38.3 Å². The molecule has 0 amide bonds. The summed E-state index contributed by atoms with van der Waals surface area (Å²) in [4.78, 5) is 11.4. The van der Waals surface area contributed by atoms with Gasteiger partial charge in [-0.3, -0.25) is 0 Å². The van der Waals surface area contributed by atoms with Crippen molar-refractivity contribution in [1.29, 1.82) is 0 Å². The molecule has 1 aliphatic heterocycles. The van der Waals surface area contributed by atoms with Gasteiger partial charge in [0.05, 0.1) is 12.2 Å². The summed E-state index contributed by atoms with van der Waals surface area (Å²) in [5.41, 5.74) is 1.79. The number of esters is 1. The molecule has 1 atom stereocenters. The van der Waals surface area contributed by atoms with Crippen molar-refractivity contribution >= 4 is 5.97 Å². The highest BCUT2D eigenvalue weighted by Gasteiger charge is 2.17. The van der Waals surface area contributed by atoms with Crippen LogP contribution in [0.4, 0.5) is 0 Å². The lowest BCUT2D eigenvalue weighted by Crippen LogP contribution is -2.31. The molecular formula is C11H19NO2. The van der Waals surface area contributed by atoms with E-state index in [0.29, 0.717) is 12.6 Å². The molecule has 0 aromatic heterocycles. The normalized spacial score (nSPS) is 25.2. The fourth-order valence-electron chi connectivity index (χ4n) is 1.69. The summed E-state index contributed by atoms with van der Waals surface area (Å²) in [5, 5.41) is 3.33. The molecule has 1 aliphatic rings. The van der Waals surface area contributed by atoms with Crippen LogP contribution in [0.2, 0.25) is 0 Å². The molecular weight excluding hydrogens is 178 g/mol. The first-order valence-corrected chi connectivity index (χ1v) is 5.28. The maximum Gasteiger partial charge on any atom is 0.335 e. The summed E-state index contributed by atoms with van der Waals surface area (Å²) in [7, 11) is 0. The molecule has 1 N–H and O–H groups in total. The Hall–Kier alpha value is -0.990. The van der Waals surface area contributed by atoms with Gasteiger partial charge in [0.25, 0.3) is 0 Å². The molecule has 1 heterocycles. The van der Waals surface area contributed by atoms with Gasteiger partial charge in [0.1, 0.15) is 0 Å². The van der Waals surface area contributed by atoms with E-state index in [9.17, 15) is 4.79 Å². The second-order valence-corrected chi connectivity index (χ2v) is 3.76. The molecule has 1 fully saturated rings. The van der Waals surface area contributed by atoms with Gasteiger partial charge in [-0.05, 0) is 40.0 Å². The Balaban J connectivity index is 2.66. The van der Waals surface area contributed by atoms with Gasteiger partial charge < -0.3 is 10.1 Å². The lowest BCUT2D eigenvalue weighted by atomic mass is 10.0. The highest BCUT2D eigenvalue weighted by atomic mass is 16.5. The second kappa shape index (κ2) is 5.03. The van der Waals surface area contributed by atoms with Crippen LogP contribution in [0.5, 0.6) is 0 Å². The van der Waals surface area contributed by atoms with Crippen LogP contribution < -0.4 is 5.32 Å². The summed E-state index contributed by atoms with van der Waals surface area (Å²) < 4.78 is 4.96.